The smallest absolute Gasteiger partial charge is 0.174 e. The molecule has 0 aliphatic heterocycles. The highest BCUT2D eigenvalue weighted by atomic mass is 32.1. The van der Waals surface area contributed by atoms with Crippen LogP contribution in [-0.2, 0) is 13.1 Å². The number of hydrogen-bond donors (Lipinski definition) is 1. The van der Waals surface area contributed by atoms with E-state index in [0.717, 1.165) is 16.9 Å². The van der Waals surface area contributed by atoms with Crippen molar-refractivity contribution >= 4 is 23.0 Å². The molecule has 1 N–H and O–H groups in total. The van der Waals surface area contributed by atoms with E-state index in [4.69, 9.17) is 12.2 Å². The van der Waals surface area contributed by atoms with Crippen LogP contribution in [0.25, 0.3) is 0 Å². The Hall–Kier alpha value is -2.79. The predicted molar refractivity (Wildman–Crippen MR) is 110 cm³/mol. The Bertz CT molecular complexity index is 824. The first-order valence-electron chi connectivity index (χ1n) is 8.54. The number of pyridine rings is 2. The van der Waals surface area contributed by atoms with Gasteiger partial charge in [0.05, 0.1) is 12.2 Å². The van der Waals surface area contributed by atoms with Crippen LogP contribution in [0.2, 0.25) is 0 Å². The molecule has 0 aliphatic carbocycles. The van der Waals surface area contributed by atoms with Crippen LogP contribution >= 0.6 is 12.2 Å². The fourth-order valence-electron chi connectivity index (χ4n) is 2.75. The van der Waals surface area contributed by atoms with Crippen LogP contribution in [0, 0.1) is 13.8 Å². The minimum absolute atomic E-state index is 0.631. The zero-order valence-electron chi connectivity index (χ0n) is 15.0. The molecule has 0 fully saturated rings. The number of nitrogens with one attached hydrogen (secondary N) is 1. The van der Waals surface area contributed by atoms with Gasteiger partial charge in [-0.1, -0.05) is 29.8 Å². The minimum Gasteiger partial charge on any atom is -0.339 e. The molecular weight excluding hydrogens is 340 g/mol. The van der Waals surface area contributed by atoms with Gasteiger partial charge in [0, 0.05) is 30.8 Å². The van der Waals surface area contributed by atoms with Crippen molar-refractivity contribution in [2.24, 2.45) is 0 Å². The lowest BCUT2D eigenvalue weighted by Gasteiger charge is -2.26. The first kappa shape index (κ1) is 18.0. The lowest BCUT2D eigenvalue weighted by molar-refractivity contribution is 0.407. The lowest BCUT2D eigenvalue weighted by Crippen LogP contribution is -2.34. The van der Waals surface area contributed by atoms with Gasteiger partial charge in [-0.2, -0.15) is 0 Å². The summed E-state index contributed by atoms with van der Waals surface area (Å²) < 4.78 is 0. The molecule has 132 valence electrons. The van der Waals surface area contributed by atoms with Gasteiger partial charge in [-0.25, -0.2) is 0 Å². The van der Waals surface area contributed by atoms with E-state index < -0.39 is 0 Å². The van der Waals surface area contributed by atoms with Crippen LogP contribution in [0.3, 0.4) is 0 Å². The molecule has 0 atom stereocenters. The van der Waals surface area contributed by atoms with Gasteiger partial charge in [0.1, 0.15) is 0 Å². The SMILES string of the molecule is Cc1ccc(NC(=S)N(Cc2cccnc2)Cc2ccccn2)c(C)c1. The van der Waals surface area contributed by atoms with E-state index in [1.807, 2.05) is 30.5 Å². The molecule has 0 unspecified atom stereocenters. The van der Waals surface area contributed by atoms with Gasteiger partial charge in [-0.3, -0.25) is 9.97 Å². The van der Waals surface area contributed by atoms with Crippen molar-refractivity contribution in [3.63, 3.8) is 0 Å². The highest BCUT2D eigenvalue weighted by Gasteiger charge is 2.13. The summed E-state index contributed by atoms with van der Waals surface area (Å²) in [6.07, 6.45) is 5.45. The highest BCUT2D eigenvalue weighted by molar-refractivity contribution is 7.80. The first-order valence-corrected chi connectivity index (χ1v) is 8.94. The number of nitrogens with zero attached hydrogens (tertiary/aromatic N) is 3. The number of aromatic nitrogens is 2. The quantitative estimate of drug-likeness (QED) is 0.677. The molecule has 3 rings (SSSR count). The predicted octanol–water partition coefficient (Wildman–Crippen LogP) is 4.49. The highest BCUT2D eigenvalue weighted by Crippen LogP contribution is 2.18. The summed E-state index contributed by atoms with van der Waals surface area (Å²) in [6.45, 7) is 5.47. The molecule has 0 amide bonds. The van der Waals surface area contributed by atoms with Gasteiger partial charge in [-0.05, 0) is 61.5 Å². The molecule has 0 saturated heterocycles. The van der Waals surface area contributed by atoms with Gasteiger partial charge >= 0.3 is 0 Å². The molecule has 0 spiro atoms. The largest absolute Gasteiger partial charge is 0.339 e. The summed E-state index contributed by atoms with van der Waals surface area (Å²) >= 11 is 5.71. The third-order valence-corrected chi connectivity index (χ3v) is 4.45. The van der Waals surface area contributed by atoms with Crippen molar-refractivity contribution in [2.45, 2.75) is 26.9 Å². The van der Waals surface area contributed by atoms with Gasteiger partial charge in [0.15, 0.2) is 5.11 Å². The Labute approximate surface area is 159 Å². The minimum atomic E-state index is 0.631. The van der Waals surface area contributed by atoms with Crippen molar-refractivity contribution in [2.75, 3.05) is 5.32 Å². The van der Waals surface area contributed by atoms with Crippen molar-refractivity contribution in [3.8, 4) is 0 Å². The van der Waals surface area contributed by atoms with E-state index in [2.05, 4.69) is 58.3 Å². The number of hydrogen-bond acceptors (Lipinski definition) is 3. The topological polar surface area (TPSA) is 41.0 Å². The van der Waals surface area contributed by atoms with Crippen molar-refractivity contribution in [3.05, 3.63) is 89.5 Å². The summed E-state index contributed by atoms with van der Waals surface area (Å²) in [5.74, 6) is 0. The number of benzene rings is 1. The van der Waals surface area contributed by atoms with Crippen LogP contribution in [-0.4, -0.2) is 20.0 Å². The van der Waals surface area contributed by atoms with Crippen molar-refractivity contribution in [1.82, 2.24) is 14.9 Å². The Balaban J connectivity index is 1.80. The fraction of sp³-hybridized carbons (Fsp3) is 0.190. The van der Waals surface area contributed by atoms with Gasteiger partial charge in [-0.15, -0.1) is 0 Å². The second-order valence-electron chi connectivity index (χ2n) is 6.29. The normalized spacial score (nSPS) is 10.4. The van der Waals surface area contributed by atoms with Gasteiger partial charge in [0.25, 0.3) is 0 Å². The van der Waals surface area contributed by atoms with E-state index in [0.29, 0.717) is 18.2 Å². The maximum atomic E-state index is 5.71. The third-order valence-electron chi connectivity index (χ3n) is 4.09. The Morgan fingerprint density at radius 3 is 2.62 bits per heavy atom. The molecule has 0 saturated carbocycles. The maximum absolute atomic E-state index is 5.71. The summed E-state index contributed by atoms with van der Waals surface area (Å²) in [6, 6.07) is 16.2. The van der Waals surface area contributed by atoms with Crippen molar-refractivity contribution in [1.29, 1.82) is 0 Å². The van der Waals surface area contributed by atoms with Crippen LogP contribution in [0.4, 0.5) is 5.69 Å². The zero-order valence-corrected chi connectivity index (χ0v) is 15.8. The Kier molecular flexibility index (Phi) is 5.92. The monoisotopic (exact) mass is 362 g/mol. The van der Waals surface area contributed by atoms with Gasteiger partial charge < -0.3 is 10.2 Å². The van der Waals surface area contributed by atoms with Crippen LogP contribution < -0.4 is 5.32 Å². The summed E-state index contributed by atoms with van der Waals surface area (Å²) in [5.41, 5.74) is 5.51. The summed E-state index contributed by atoms with van der Waals surface area (Å²) in [5, 5.41) is 4.06. The van der Waals surface area contributed by atoms with Crippen LogP contribution in [0.5, 0.6) is 0 Å². The third kappa shape index (κ3) is 4.86. The molecule has 5 heteroatoms. The van der Waals surface area contributed by atoms with Crippen LogP contribution in [0.15, 0.2) is 67.1 Å². The first-order chi connectivity index (χ1) is 12.6. The van der Waals surface area contributed by atoms with Crippen LogP contribution in [0.1, 0.15) is 22.4 Å². The molecule has 2 aromatic heterocycles. The number of anilines is 1. The fourth-order valence-corrected chi connectivity index (χ4v) is 2.99. The van der Waals surface area contributed by atoms with E-state index in [1.165, 1.54) is 11.1 Å². The molecule has 2 heterocycles. The molecule has 0 bridgehead atoms. The molecule has 0 radical (unpaired) electrons. The Morgan fingerprint density at radius 2 is 1.92 bits per heavy atom. The molecule has 3 aromatic rings. The second-order valence-corrected chi connectivity index (χ2v) is 6.67. The zero-order chi connectivity index (χ0) is 18.4. The van der Waals surface area contributed by atoms with E-state index in [-0.39, 0.29) is 0 Å². The number of aryl methyl sites for hydroxylation is 2. The number of rotatable bonds is 5. The van der Waals surface area contributed by atoms with E-state index >= 15 is 0 Å². The lowest BCUT2D eigenvalue weighted by atomic mass is 10.1. The average Bonchev–Trinajstić information content (AvgIpc) is 2.65. The second kappa shape index (κ2) is 8.54. The summed E-state index contributed by atoms with van der Waals surface area (Å²) in [4.78, 5) is 10.7. The van der Waals surface area contributed by atoms with E-state index in [9.17, 15) is 0 Å². The number of thiocarbonyl (C=S) groups is 1. The summed E-state index contributed by atoms with van der Waals surface area (Å²) in [7, 11) is 0. The molecule has 26 heavy (non-hydrogen) atoms. The molecule has 4 nitrogen and oxygen atoms in total. The maximum Gasteiger partial charge on any atom is 0.174 e. The molecular formula is C21H22N4S. The molecule has 1 aromatic carbocycles. The van der Waals surface area contributed by atoms with Crippen molar-refractivity contribution < 1.29 is 0 Å². The van der Waals surface area contributed by atoms with E-state index in [1.54, 1.807) is 12.4 Å². The standard InChI is InChI=1S/C21H22N4S/c1-16-8-9-20(17(2)12-16)24-21(26)25(14-18-6-5-10-22-13-18)15-19-7-3-4-11-23-19/h3-13H,14-15H2,1-2H3,(H,24,26). The Morgan fingerprint density at radius 1 is 1.04 bits per heavy atom. The molecule has 0 aliphatic rings. The van der Waals surface area contributed by atoms with Gasteiger partial charge in [0.2, 0.25) is 0 Å². The average molecular weight is 363 g/mol.